The Morgan fingerprint density at radius 1 is 1.45 bits per heavy atom. The van der Waals surface area contributed by atoms with Crippen LogP contribution in [0.15, 0.2) is 0 Å². The van der Waals surface area contributed by atoms with Crippen molar-refractivity contribution >= 4 is 17.3 Å². The number of unbranched alkanes of at least 4 members (excludes halogenated alkanes) is 1. The molecule has 2 N–H and O–H groups in total. The van der Waals surface area contributed by atoms with Crippen LogP contribution < -0.4 is 10.6 Å². The van der Waals surface area contributed by atoms with E-state index in [4.69, 9.17) is 12.2 Å². The molecule has 0 spiro atoms. The van der Waals surface area contributed by atoms with Crippen molar-refractivity contribution in [3.8, 4) is 0 Å². The lowest BCUT2D eigenvalue weighted by Gasteiger charge is -2.12. The van der Waals surface area contributed by atoms with E-state index in [1.54, 1.807) is 0 Å². The molecule has 0 aromatic rings. The number of hydrogen-bond donors (Lipinski definition) is 2. The highest BCUT2D eigenvalue weighted by atomic mass is 32.1. The van der Waals surface area contributed by atoms with E-state index in [0.717, 1.165) is 11.7 Å². The molecule has 66 valence electrons. The molecule has 0 amide bonds. The Morgan fingerprint density at radius 3 is 2.55 bits per heavy atom. The van der Waals surface area contributed by atoms with Gasteiger partial charge in [-0.1, -0.05) is 13.3 Å². The van der Waals surface area contributed by atoms with Gasteiger partial charge in [-0.2, -0.15) is 0 Å². The van der Waals surface area contributed by atoms with E-state index in [0.29, 0.717) is 6.04 Å². The lowest BCUT2D eigenvalue weighted by atomic mass is 10.3. The predicted octanol–water partition coefficient (Wildman–Crippen LogP) is 1.66. The normalized spacial score (nSPS) is 9.82. The molecule has 0 atom stereocenters. The van der Waals surface area contributed by atoms with Crippen molar-refractivity contribution < 1.29 is 0 Å². The van der Waals surface area contributed by atoms with Crippen LogP contribution >= 0.6 is 12.2 Å². The molecule has 0 aromatic heterocycles. The number of thiocarbonyl (C=S) groups is 1. The first-order valence-electron chi connectivity index (χ1n) is 4.21. The molecule has 2 nitrogen and oxygen atoms in total. The summed E-state index contributed by atoms with van der Waals surface area (Å²) in [6.07, 6.45) is 2.39. The van der Waals surface area contributed by atoms with Crippen LogP contribution in [0.3, 0.4) is 0 Å². The van der Waals surface area contributed by atoms with Gasteiger partial charge in [-0.15, -0.1) is 0 Å². The van der Waals surface area contributed by atoms with Gasteiger partial charge in [0.05, 0.1) is 0 Å². The topological polar surface area (TPSA) is 24.1 Å². The highest BCUT2D eigenvalue weighted by Gasteiger charge is 1.95. The second kappa shape index (κ2) is 6.40. The molecule has 0 aromatic carbocycles. The van der Waals surface area contributed by atoms with Crippen molar-refractivity contribution in [1.82, 2.24) is 10.6 Å². The van der Waals surface area contributed by atoms with E-state index in [2.05, 4.69) is 31.4 Å². The van der Waals surface area contributed by atoms with Crippen molar-refractivity contribution in [1.29, 1.82) is 0 Å². The summed E-state index contributed by atoms with van der Waals surface area (Å²) in [4.78, 5) is 0. The fourth-order valence-electron chi connectivity index (χ4n) is 0.692. The third-order valence-electron chi connectivity index (χ3n) is 1.24. The molecule has 0 rings (SSSR count). The van der Waals surface area contributed by atoms with Gasteiger partial charge >= 0.3 is 0 Å². The van der Waals surface area contributed by atoms with E-state index in [-0.39, 0.29) is 0 Å². The third-order valence-corrected chi connectivity index (χ3v) is 1.50. The average Bonchev–Trinajstić information content (AvgIpc) is 1.86. The van der Waals surface area contributed by atoms with E-state index in [1.807, 2.05) is 0 Å². The molecule has 0 unspecified atom stereocenters. The minimum atomic E-state index is 0.427. The average molecular weight is 174 g/mol. The Bertz CT molecular complexity index is 113. The summed E-state index contributed by atoms with van der Waals surface area (Å²) >= 11 is 5.02. The molecule has 0 saturated carbocycles. The molecule has 0 fully saturated rings. The first kappa shape index (κ1) is 10.7. The second-order valence-corrected chi connectivity index (χ2v) is 3.32. The summed E-state index contributed by atoms with van der Waals surface area (Å²) in [7, 11) is 0. The molecule has 0 bridgehead atoms. The minimum absolute atomic E-state index is 0.427. The van der Waals surface area contributed by atoms with Crippen molar-refractivity contribution in [2.45, 2.75) is 39.7 Å². The maximum atomic E-state index is 5.02. The molecule has 11 heavy (non-hydrogen) atoms. The van der Waals surface area contributed by atoms with Crippen LogP contribution in [-0.2, 0) is 0 Å². The zero-order valence-electron chi connectivity index (χ0n) is 7.61. The van der Waals surface area contributed by atoms with Gasteiger partial charge in [-0.05, 0) is 32.5 Å². The van der Waals surface area contributed by atoms with Gasteiger partial charge in [0.2, 0.25) is 0 Å². The summed E-state index contributed by atoms with van der Waals surface area (Å²) in [5, 5.41) is 7.03. The molecular formula is C8H18N2S. The molecular weight excluding hydrogens is 156 g/mol. The zero-order chi connectivity index (χ0) is 8.69. The molecule has 3 heteroatoms. The van der Waals surface area contributed by atoms with Crippen LogP contribution in [0.2, 0.25) is 0 Å². The first-order valence-corrected chi connectivity index (χ1v) is 4.62. The molecule has 0 saturated heterocycles. The second-order valence-electron chi connectivity index (χ2n) is 2.91. The monoisotopic (exact) mass is 174 g/mol. The van der Waals surface area contributed by atoms with Crippen molar-refractivity contribution in [2.75, 3.05) is 6.54 Å². The Hall–Kier alpha value is -0.310. The van der Waals surface area contributed by atoms with Crippen molar-refractivity contribution in [2.24, 2.45) is 0 Å². The lowest BCUT2D eigenvalue weighted by molar-refractivity contribution is 0.693. The summed E-state index contributed by atoms with van der Waals surface area (Å²) < 4.78 is 0. The Balaban J connectivity index is 3.23. The van der Waals surface area contributed by atoms with Gasteiger partial charge in [0.25, 0.3) is 0 Å². The van der Waals surface area contributed by atoms with Crippen molar-refractivity contribution in [3.05, 3.63) is 0 Å². The number of rotatable bonds is 4. The molecule has 0 aliphatic rings. The highest BCUT2D eigenvalue weighted by Crippen LogP contribution is 1.83. The SMILES string of the molecule is CCCCNC(=S)NC(C)C. The van der Waals surface area contributed by atoms with Gasteiger partial charge in [0, 0.05) is 12.6 Å². The van der Waals surface area contributed by atoms with Crippen LogP contribution in [-0.4, -0.2) is 17.7 Å². The van der Waals surface area contributed by atoms with E-state index >= 15 is 0 Å². The predicted molar refractivity (Wildman–Crippen MR) is 53.8 cm³/mol. The van der Waals surface area contributed by atoms with Crippen LogP contribution in [0.25, 0.3) is 0 Å². The van der Waals surface area contributed by atoms with Crippen molar-refractivity contribution in [3.63, 3.8) is 0 Å². The summed E-state index contributed by atoms with van der Waals surface area (Å²) in [6.45, 7) is 7.30. The van der Waals surface area contributed by atoms with Crippen LogP contribution in [0.4, 0.5) is 0 Å². The largest absolute Gasteiger partial charge is 0.363 e. The fraction of sp³-hybridized carbons (Fsp3) is 0.875. The molecule has 0 radical (unpaired) electrons. The minimum Gasteiger partial charge on any atom is -0.363 e. The Morgan fingerprint density at radius 2 is 2.09 bits per heavy atom. The van der Waals surface area contributed by atoms with Gasteiger partial charge in [0.1, 0.15) is 0 Å². The maximum absolute atomic E-state index is 5.02. The molecule has 0 aliphatic carbocycles. The maximum Gasteiger partial charge on any atom is 0.166 e. The van der Waals surface area contributed by atoms with Crippen LogP contribution in [0.5, 0.6) is 0 Å². The fourth-order valence-corrected chi connectivity index (χ4v) is 1.03. The number of nitrogens with one attached hydrogen (secondary N) is 2. The Kier molecular flexibility index (Phi) is 6.22. The smallest absolute Gasteiger partial charge is 0.166 e. The molecule has 0 aliphatic heterocycles. The molecule has 0 heterocycles. The number of hydrogen-bond acceptors (Lipinski definition) is 1. The Labute approximate surface area is 74.8 Å². The highest BCUT2D eigenvalue weighted by molar-refractivity contribution is 7.80. The summed E-state index contributed by atoms with van der Waals surface area (Å²) in [5.41, 5.74) is 0. The quantitative estimate of drug-likeness (QED) is 0.501. The van der Waals surface area contributed by atoms with Gasteiger partial charge in [-0.25, -0.2) is 0 Å². The zero-order valence-corrected chi connectivity index (χ0v) is 8.42. The van der Waals surface area contributed by atoms with Gasteiger partial charge in [-0.3, -0.25) is 0 Å². The van der Waals surface area contributed by atoms with Crippen LogP contribution in [0, 0.1) is 0 Å². The standard InChI is InChI=1S/C8H18N2S/c1-4-5-6-9-8(11)10-7(2)3/h7H,4-6H2,1-3H3,(H2,9,10,11). The summed E-state index contributed by atoms with van der Waals surface area (Å²) in [5.74, 6) is 0. The van der Waals surface area contributed by atoms with E-state index < -0.39 is 0 Å². The third kappa shape index (κ3) is 7.59. The van der Waals surface area contributed by atoms with Gasteiger partial charge in [0.15, 0.2) is 5.11 Å². The van der Waals surface area contributed by atoms with Gasteiger partial charge < -0.3 is 10.6 Å². The van der Waals surface area contributed by atoms with E-state index in [1.165, 1.54) is 12.8 Å². The van der Waals surface area contributed by atoms with E-state index in [9.17, 15) is 0 Å². The lowest BCUT2D eigenvalue weighted by Crippen LogP contribution is -2.39. The summed E-state index contributed by atoms with van der Waals surface area (Å²) in [6, 6.07) is 0.427. The van der Waals surface area contributed by atoms with Crippen LogP contribution in [0.1, 0.15) is 33.6 Å². The first-order chi connectivity index (χ1) is 5.16.